The molecule has 0 fully saturated rings. The van der Waals surface area contributed by atoms with E-state index in [1.54, 1.807) is 12.1 Å². The lowest BCUT2D eigenvalue weighted by atomic mass is 10.0. The summed E-state index contributed by atoms with van der Waals surface area (Å²) in [7, 11) is 0. The predicted octanol–water partition coefficient (Wildman–Crippen LogP) is 3.52. The van der Waals surface area contributed by atoms with E-state index in [4.69, 9.17) is 0 Å². The maximum atomic E-state index is 9.55. The fraction of sp³-hybridized carbons (Fsp3) is 0.538. The zero-order valence-corrected chi connectivity index (χ0v) is 10.4. The molecule has 0 aliphatic heterocycles. The summed E-state index contributed by atoms with van der Waals surface area (Å²) in [5, 5.41) is 18.8. The minimum Gasteiger partial charge on any atom is -0.508 e. The SMILES string of the molecule is Oc1ccc(O)c(CCCCCCCS)c1. The Kier molecular flexibility index (Phi) is 6.16. The molecular formula is C13H20O2S. The van der Waals surface area contributed by atoms with Gasteiger partial charge in [-0.25, -0.2) is 0 Å². The van der Waals surface area contributed by atoms with Gasteiger partial charge in [-0.2, -0.15) is 12.6 Å². The van der Waals surface area contributed by atoms with E-state index in [1.807, 2.05) is 0 Å². The average Bonchev–Trinajstić information content (AvgIpc) is 2.28. The van der Waals surface area contributed by atoms with Crippen molar-refractivity contribution in [2.45, 2.75) is 38.5 Å². The molecular weight excluding hydrogens is 220 g/mol. The van der Waals surface area contributed by atoms with E-state index in [0.29, 0.717) is 0 Å². The highest BCUT2D eigenvalue weighted by Gasteiger charge is 2.01. The molecule has 0 spiro atoms. The molecule has 0 atom stereocenters. The molecule has 2 N–H and O–H groups in total. The summed E-state index contributed by atoms with van der Waals surface area (Å²) in [5.74, 6) is 1.48. The third-order valence-electron chi connectivity index (χ3n) is 2.67. The lowest BCUT2D eigenvalue weighted by Gasteiger charge is -2.05. The second-order valence-corrected chi connectivity index (χ2v) is 4.50. The molecule has 0 saturated carbocycles. The lowest BCUT2D eigenvalue weighted by Crippen LogP contribution is -1.87. The third-order valence-corrected chi connectivity index (χ3v) is 2.98. The first-order valence-corrected chi connectivity index (χ1v) is 6.49. The quantitative estimate of drug-likeness (QED) is 0.388. The largest absolute Gasteiger partial charge is 0.508 e. The molecule has 2 nitrogen and oxygen atoms in total. The van der Waals surface area contributed by atoms with Gasteiger partial charge in [0, 0.05) is 0 Å². The summed E-state index contributed by atoms with van der Waals surface area (Å²) < 4.78 is 0. The minimum absolute atomic E-state index is 0.225. The van der Waals surface area contributed by atoms with E-state index in [2.05, 4.69) is 12.6 Å². The normalized spacial score (nSPS) is 10.6. The number of hydrogen-bond donors (Lipinski definition) is 3. The molecule has 3 heteroatoms. The second-order valence-electron chi connectivity index (χ2n) is 4.05. The molecule has 1 aromatic rings. The highest BCUT2D eigenvalue weighted by atomic mass is 32.1. The molecule has 1 rings (SSSR count). The maximum absolute atomic E-state index is 9.55. The average molecular weight is 240 g/mol. The van der Waals surface area contributed by atoms with Gasteiger partial charge in [0.2, 0.25) is 0 Å². The summed E-state index contributed by atoms with van der Waals surface area (Å²) in [5.41, 5.74) is 0.842. The summed E-state index contributed by atoms with van der Waals surface area (Å²) in [6.07, 6.45) is 6.70. The number of benzene rings is 1. The van der Waals surface area contributed by atoms with E-state index in [0.717, 1.165) is 24.2 Å². The van der Waals surface area contributed by atoms with Gasteiger partial charge >= 0.3 is 0 Å². The van der Waals surface area contributed by atoms with Crippen LogP contribution in [0.1, 0.15) is 37.7 Å². The maximum Gasteiger partial charge on any atom is 0.119 e. The molecule has 0 bridgehead atoms. The van der Waals surface area contributed by atoms with Crippen LogP contribution in [0.15, 0.2) is 18.2 Å². The predicted molar refractivity (Wildman–Crippen MR) is 70.4 cm³/mol. The van der Waals surface area contributed by atoms with Gasteiger partial charge in [-0.3, -0.25) is 0 Å². The summed E-state index contributed by atoms with van der Waals surface area (Å²) >= 11 is 4.17. The van der Waals surface area contributed by atoms with Crippen molar-refractivity contribution in [2.24, 2.45) is 0 Å². The number of hydrogen-bond acceptors (Lipinski definition) is 3. The summed E-state index contributed by atoms with van der Waals surface area (Å²) in [4.78, 5) is 0. The Balaban J connectivity index is 2.23. The highest BCUT2D eigenvalue weighted by Crippen LogP contribution is 2.23. The summed E-state index contributed by atoms with van der Waals surface area (Å²) in [6.45, 7) is 0. The van der Waals surface area contributed by atoms with Crippen LogP contribution < -0.4 is 0 Å². The van der Waals surface area contributed by atoms with Crippen LogP contribution in [-0.2, 0) is 6.42 Å². The monoisotopic (exact) mass is 240 g/mol. The van der Waals surface area contributed by atoms with Crippen LogP contribution in [0, 0.1) is 0 Å². The number of phenols is 2. The Morgan fingerprint density at radius 1 is 0.938 bits per heavy atom. The molecule has 0 unspecified atom stereocenters. The van der Waals surface area contributed by atoms with E-state index in [1.165, 1.54) is 31.7 Å². The van der Waals surface area contributed by atoms with Crippen molar-refractivity contribution in [3.8, 4) is 11.5 Å². The van der Waals surface area contributed by atoms with Crippen molar-refractivity contribution in [2.75, 3.05) is 5.75 Å². The van der Waals surface area contributed by atoms with Gasteiger partial charge < -0.3 is 10.2 Å². The van der Waals surface area contributed by atoms with E-state index in [9.17, 15) is 10.2 Å². The van der Waals surface area contributed by atoms with Crippen molar-refractivity contribution in [1.29, 1.82) is 0 Å². The summed E-state index contributed by atoms with van der Waals surface area (Å²) in [6, 6.07) is 4.69. The number of unbranched alkanes of at least 4 members (excludes halogenated alkanes) is 4. The van der Waals surface area contributed by atoms with Crippen molar-refractivity contribution in [3.05, 3.63) is 23.8 Å². The number of thiol groups is 1. The van der Waals surface area contributed by atoms with E-state index in [-0.39, 0.29) is 11.5 Å². The van der Waals surface area contributed by atoms with Crippen molar-refractivity contribution in [3.63, 3.8) is 0 Å². The van der Waals surface area contributed by atoms with Gasteiger partial charge in [0.05, 0.1) is 0 Å². The van der Waals surface area contributed by atoms with Gasteiger partial charge in [0.1, 0.15) is 11.5 Å². The van der Waals surface area contributed by atoms with Gasteiger partial charge in [-0.1, -0.05) is 19.3 Å². The molecule has 90 valence electrons. The number of aryl methyl sites for hydroxylation is 1. The standard InChI is InChI=1S/C13H20O2S/c14-12-7-8-13(15)11(10-12)6-4-2-1-3-5-9-16/h7-8,10,14-16H,1-6,9H2. The molecule has 0 amide bonds. The van der Waals surface area contributed by atoms with Crippen molar-refractivity contribution in [1.82, 2.24) is 0 Å². The smallest absolute Gasteiger partial charge is 0.119 e. The molecule has 0 aliphatic carbocycles. The number of aromatic hydroxyl groups is 2. The van der Waals surface area contributed by atoms with Crippen LogP contribution in [0.3, 0.4) is 0 Å². The first kappa shape index (κ1) is 13.2. The Morgan fingerprint density at radius 2 is 1.62 bits per heavy atom. The van der Waals surface area contributed by atoms with Crippen LogP contribution >= 0.6 is 12.6 Å². The fourth-order valence-electron chi connectivity index (χ4n) is 1.73. The first-order valence-electron chi connectivity index (χ1n) is 5.86. The number of phenolic OH excluding ortho intramolecular Hbond substituents is 2. The first-order chi connectivity index (χ1) is 7.74. The topological polar surface area (TPSA) is 40.5 Å². The Labute approximate surface area is 103 Å². The van der Waals surface area contributed by atoms with Gasteiger partial charge in [-0.05, 0) is 48.8 Å². The van der Waals surface area contributed by atoms with Crippen LogP contribution in [-0.4, -0.2) is 16.0 Å². The third kappa shape index (κ3) is 4.79. The van der Waals surface area contributed by atoms with E-state index >= 15 is 0 Å². The van der Waals surface area contributed by atoms with Crippen LogP contribution in [0.4, 0.5) is 0 Å². The molecule has 0 aliphatic rings. The van der Waals surface area contributed by atoms with Crippen LogP contribution in [0.25, 0.3) is 0 Å². The van der Waals surface area contributed by atoms with Gasteiger partial charge in [0.25, 0.3) is 0 Å². The van der Waals surface area contributed by atoms with Crippen molar-refractivity contribution >= 4 is 12.6 Å². The number of rotatable bonds is 7. The fourth-order valence-corrected chi connectivity index (χ4v) is 1.95. The zero-order valence-electron chi connectivity index (χ0n) is 9.52. The van der Waals surface area contributed by atoms with Crippen molar-refractivity contribution < 1.29 is 10.2 Å². The van der Waals surface area contributed by atoms with Crippen LogP contribution in [0.2, 0.25) is 0 Å². The Hall–Kier alpha value is -0.830. The molecule has 0 aromatic heterocycles. The molecule has 0 heterocycles. The Bertz CT molecular complexity index is 313. The highest BCUT2D eigenvalue weighted by molar-refractivity contribution is 7.80. The van der Waals surface area contributed by atoms with Crippen LogP contribution in [0.5, 0.6) is 11.5 Å². The van der Waals surface area contributed by atoms with Gasteiger partial charge in [0.15, 0.2) is 0 Å². The second kappa shape index (κ2) is 7.44. The van der Waals surface area contributed by atoms with Gasteiger partial charge in [-0.15, -0.1) is 0 Å². The molecule has 1 aromatic carbocycles. The molecule has 16 heavy (non-hydrogen) atoms. The lowest BCUT2D eigenvalue weighted by molar-refractivity contribution is 0.452. The zero-order chi connectivity index (χ0) is 11.8. The molecule has 0 radical (unpaired) electrons. The minimum atomic E-state index is 0.225. The molecule has 0 saturated heterocycles. The van der Waals surface area contributed by atoms with E-state index < -0.39 is 0 Å². The Morgan fingerprint density at radius 3 is 2.38 bits per heavy atom.